The Kier molecular flexibility index (Phi) is 4.24. The van der Waals surface area contributed by atoms with E-state index in [-0.39, 0.29) is 0 Å². The lowest BCUT2D eigenvalue weighted by Gasteiger charge is -1.99. The van der Waals surface area contributed by atoms with Gasteiger partial charge in [0.1, 0.15) is 11.5 Å². The van der Waals surface area contributed by atoms with Gasteiger partial charge in [-0.1, -0.05) is 0 Å². The summed E-state index contributed by atoms with van der Waals surface area (Å²) in [5, 5.41) is 3.35. The highest BCUT2D eigenvalue weighted by Crippen LogP contribution is 2.32. The molecule has 0 atom stereocenters. The summed E-state index contributed by atoms with van der Waals surface area (Å²) in [6, 6.07) is 6.10. The molecule has 0 spiro atoms. The van der Waals surface area contributed by atoms with E-state index in [1.165, 1.54) is 4.88 Å². The van der Waals surface area contributed by atoms with Gasteiger partial charge >= 0.3 is 0 Å². The first kappa shape index (κ1) is 12.4. The topological polar surface area (TPSA) is 25.2 Å². The third kappa shape index (κ3) is 3.20. The molecule has 0 radical (unpaired) electrons. The van der Waals surface area contributed by atoms with E-state index in [9.17, 15) is 0 Å². The molecule has 2 aromatic heterocycles. The second kappa shape index (κ2) is 5.49. The first-order valence-electron chi connectivity index (χ1n) is 4.85. The van der Waals surface area contributed by atoms with Crippen LogP contribution in [-0.2, 0) is 13.1 Å². The van der Waals surface area contributed by atoms with Crippen LogP contribution in [0.3, 0.4) is 0 Å². The van der Waals surface area contributed by atoms with Crippen molar-refractivity contribution in [3.05, 3.63) is 42.9 Å². The van der Waals surface area contributed by atoms with Gasteiger partial charge in [-0.15, -0.1) is 11.3 Å². The molecule has 0 fully saturated rings. The van der Waals surface area contributed by atoms with Crippen LogP contribution in [0.4, 0.5) is 0 Å². The number of furan rings is 1. The Morgan fingerprint density at radius 1 is 1.31 bits per heavy atom. The van der Waals surface area contributed by atoms with Crippen molar-refractivity contribution >= 4 is 43.2 Å². The maximum absolute atomic E-state index is 5.47. The van der Waals surface area contributed by atoms with E-state index in [0.717, 1.165) is 32.9 Å². The molecule has 0 aliphatic carbocycles. The molecule has 0 aromatic carbocycles. The molecule has 0 saturated heterocycles. The van der Waals surface area contributed by atoms with Crippen LogP contribution in [0.2, 0.25) is 0 Å². The summed E-state index contributed by atoms with van der Waals surface area (Å²) in [6.07, 6.45) is 0. The summed E-state index contributed by atoms with van der Waals surface area (Å²) in [7, 11) is 0. The molecule has 0 aliphatic rings. The number of thiophene rings is 1. The number of halogens is 2. The Balaban J connectivity index is 1.84. The van der Waals surface area contributed by atoms with Crippen molar-refractivity contribution < 1.29 is 4.42 Å². The predicted molar refractivity (Wildman–Crippen MR) is 73.7 cm³/mol. The van der Waals surface area contributed by atoms with Crippen molar-refractivity contribution in [3.8, 4) is 0 Å². The van der Waals surface area contributed by atoms with E-state index in [4.69, 9.17) is 4.42 Å². The molecule has 16 heavy (non-hydrogen) atoms. The Morgan fingerprint density at radius 3 is 2.69 bits per heavy atom. The highest BCUT2D eigenvalue weighted by molar-refractivity contribution is 9.13. The van der Waals surface area contributed by atoms with Crippen LogP contribution in [-0.4, -0.2) is 0 Å². The average molecular weight is 365 g/mol. The molecular formula is C11H11Br2NOS. The average Bonchev–Trinajstić information content (AvgIpc) is 2.75. The zero-order valence-corrected chi connectivity index (χ0v) is 12.7. The zero-order valence-electron chi connectivity index (χ0n) is 8.72. The summed E-state index contributed by atoms with van der Waals surface area (Å²) in [6.45, 7) is 3.58. The van der Waals surface area contributed by atoms with E-state index in [0.29, 0.717) is 0 Å². The fourth-order valence-electron chi connectivity index (χ4n) is 1.37. The van der Waals surface area contributed by atoms with Gasteiger partial charge in [-0.05, 0) is 57.0 Å². The lowest BCUT2D eigenvalue weighted by molar-refractivity contribution is 0.462. The standard InChI is InChI=1S/C11H11Br2NOS/c1-7-2-3-8(15-7)5-14-6-9-4-10(12)11(13)16-9/h2-4,14H,5-6H2,1H3. The second-order valence-corrected chi connectivity index (χ2v) is 6.76. The minimum Gasteiger partial charge on any atom is -0.465 e. The molecule has 0 amide bonds. The molecule has 0 saturated carbocycles. The van der Waals surface area contributed by atoms with Crippen LogP contribution in [0.5, 0.6) is 0 Å². The molecule has 2 heterocycles. The van der Waals surface area contributed by atoms with Crippen molar-refractivity contribution in [2.24, 2.45) is 0 Å². The maximum Gasteiger partial charge on any atom is 0.117 e. The van der Waals surface area contributed by atoms with Gasteiger partial charge in [-0.3, -0.25) is 0 Å². The van der Waals surface area contributed by atoms with Gasteiger partial charge in [0.2, 0.25) is 0 Å². The van der Waals surface area contributed by atoms with E-state index in [1.54, 1.807) is 11.3 Å². The lowest BCUT2D eigenvalue weighted by Crippen LogP contribution is -2.10. The first-order valence-corrected chi connectivity index (χ1v) is 7.25. The van der Waals surface area contributed by atoms with Crippen LogP contribution >= 0.6 is 43.2 Å². The van der Waals surface area contributed by atoms with E-state index < -0.39 is 0 Å². The summed E-state index contributed by atoms with van der Waals surface area (Å²) in [5.74, 6) is 1.94. The Hall–Kier alpha value is -0.100. The molecule has 2 rings (SSSR count). The largest absolute Gasteiger partial charge is 0.465 e. The summed E-state index contributed by atoms with van der Waals surface area (Å²) < 4.78 is 7.72. The number of hydrogen-bond acceptors (Lipinski definition) is 3. The van der Waals surface area contributed by atoms with Crippen LogP contribution in [0, 0.1) is 6.92 Å². The summed E-state index contributed by atoms with van der Waals surface area (Å²) in [4.78, 5) is 1.29. The molecule has 5 heteroatoms. The lowest BCUT2D eigenvalue weighted by atomic mass is 10.4. The van der Waals surface area contributed by atoms with Gasteiger partial charge in [0.15, 0.2) is 0 Å². The number of hydrogen-bond donors (Lipinski definition) is 1. The highest BCUT2D eigenvalue weighted by Gasteiger charge is 2.04. The van der Waals surface area contributed by atoms with Gasteiger partial charge < -0.3 is 9.73 Å². The van der Waals surface area contributed by atoms with Crippen LogP contribution in [0.15, 0.2) is 30.9 Å². The normalized spacial score (nSPS) is 10.9. The number of aryl methyl sites for hydroxylation is 1. The fraction of sp³-hybridized carbons (Fsp3) is 0.273. The van der Waals surface area contributed by atoms with E-state index >= 15 is 0 Å². The summed E-state index contributed by atoms with van der Waals surface area (Å²) >= 11 is 8.69. The van der Waals surface area contributed by atoms with Gasteiger partial charge in [-0.2, -0.15) is 0 Å². The van der Waals surface area contributed by atoms with Gasteiger partial charge in [0, 0.05) is 15.9 Å². The minimum absolute atomic E-state index is 0.765. The predicted octanol–water partition coefficient (Wildman–Crippen LogP) is 4.46. The smallest absolute Gasteiger partial charge is 0.117 e. The SMILES string of the molecule is Cc1ccc(CNCc2cc(Br)c(Br)s2)o1. The Morgan fingerprint density at radius 2 is 2.12 bits per heavy atom. The van der Waals surface area contributed by atoms with Crippen LogP contribution in [0.1, 0.15) is 16.4 Å². The molecule has 86 valence electrons. The monoisotopic (exact) mass is 363 g/mol. The third-order valence-corrected chi connectivity index (χ3v) is 5.35. The van der Waals surface area contributed by atoms with Crippen LogP contribution in [0.25, 0.3) is 0 Å². The number of rotatable bonds is 4. The molecule has 0 aliphatic heterocycles. The van der Waals surface area contributed by atoms with Crippen molar-refractivity contribution in [2.75, 3.05) is 0 Å². The molecule has 0 bridgehead atoms. The summed E-state index contributed by atoms with van der Waals surface area (Å²) in [5.41, 5.74) is 0. The van der Waals surface area contributed by atoms with E-state index in [1.807, 2.05) is 19.1 Å². The Labute approximate surface area is 115 Å². The molecule has 2 aromatic rings. The molecular weight excluding hydrogens is 354 g/mol. The van der Waals surface area contributed by atoms with Gasteiger partial charge in [0.05, 0.1) is 10.3 Å². The fourth-order valence-corrected chi connectivity index (χ4v) is 3.51. The Bertz CT molecular complexity index is 459. The van der Waals surface area contributed by atoms with E-state index in [2.05, 4.69) is 43.2 Å². The minimum atomic E-state index is 0.765. The maximum atomic E-state index is 5.47. The van der Waals surface area contributed by atoms with Gasteiger partial charge in [-0.25, -0.2) is 0 Å². The first-order chi connectivity index (χ1) is 7.65. The van der Waals surface area contributed by atoms with Crippen molar-refractivity contribution in [1.29, 1.82) is 0 Å². The van der Waals surface area contributed by atoms with Crippen LogP contribution < -0.4 is 5.32 Å². The second-order valence-electron chi connectivity index (χ2n) is 3.45. The quantitative estimate of drug-likeness (QED) is 0.866. The van der Waals surface area contributed by atoms with Crippen molar-refractivity contribution in [2.45, 2.75) is 20.0 Å². The third-order valence-electron chi connectivity index (χ3n) is 2.09. The van der Waals surface area contributed by atoms with Crippen molar-refractivity contribution in [1.82, 2.24) is 5.32 Å². The number of nitrogens with one attached hydrogen (secondary N) is 1. The molecule has 0 unspecified atom stereocenters. The van der Waals surface area contributed by atoms with Gasteiger partial charge in [0.25, 0.3) is 0 Å². The van der Waals surface area contributed by atoms with Crippen molar-refractivity contribution in [3.63, 3.8) is 0 Å². The zero-order chi connectivity index (χ0) is 11.5. The highest BCUT2D eigenvalue weighted by atomic mass is 79.9. The molecule has 1 N–H and O–H groups in total. The molecule has 2 nitrogen and oxygen atoms in total.